The Morgan fingerprint density at radius 1 is 1.42 bits per heavy atom. The second-order valence-corrected chi connectivity index (χ2v) is 7.73. The van der Waals surface area contributed by atoms with Crippen molar-refractivity contribution in [1.29, 1.82) is 0 Å². The third-order valence-corrected chi connectivity index (χ3v) is 5.89. The molecule has 2 aromatic heterocycles. The Kier molecular flexibility index (Phi) is 6.10. The summed E-state index contributed by atoms with van der Waals surface area (Å²) in [6.45, 7) is 6.06. The number of Topliss-reactive ketones (excluding diaryl/α,β-unsaturated/α-hetero) is 1. The molecule has 4 N–H and O–H groups in total. The summed E-state index contributed by atoms with van der Waals surface area (Å²) in [4.78, 5) is 24.5. The Labute approximate surface area is 183 Å². The molecule has 11 nitrogen and oxygen atoms in total. The number of nitrogens with zero attached hydrogens (tertiary/aromatic N) is 4. The molecule has 0 bridgehead atoms. The first kappa shape index (κ1) is 21.9. The minimum absolute atomic E-state index is 0.0331. The monoisotopic (exact) mass is 448 g/mol. The number of ether oxygens (including phenoxy) is 2. The van der Waals surface area contributed by atoms with Gasteiger partial charge in [-0.25, -0.2) is 15.0 Å². The lowest BCUT2D eigenvalue weighted by molar-refractivity contribution is -0.116. The molecule has 2 aliphatic rings. The van der Waals surface area contributed by atoms with E-state index < -0.39 is 30.6 Å². The fraction of sp³-hybridized carbons (Fsp3) is 0.526. The van der Waals surface area contributed by atoms with Gasteiger partial charge in [0.25, 0.3) is 0 Å². The normalized spacial score (nSPS) is 30.0. The van der Waals surface area contributed by atoms with Crippen LogP contribution in [0.5, 0.6) is 0 Å². The lowest BCUT2D eigenvalue weighted by atomic mass is 10.1. The van der Waals surface area contributed by atoms with E-state index in [9.17, 15) is 15.0 Å². The quantitative estimate of drug-likeness (QED) is 0.300. The van der Waals surface area contributed by atoms with Crippen molar-refractivity contribution in [2.45, 2.75) is 43.6 Å². The van der Waals surface area contributed by atoms with Gasteiger partial charge in [0.15, 0.2) is 17.8 Å². The van der Waals surface area contributed by atoms with Crippen molar-refractivity contribution in [2.75, 3.05) is 20.2 Å². The first-order valence-electron chi connectivity index (χ1n) is 9.87. The zero-order valence-corrected chi connectivity index (χ0v) is 17.9. The van der Waals surface area contributed by atoms with E-state index in [1.807, 2.05) is 6.92 Å². The van der Waals surface area contributed by atoms with Gasteiger partial charge in [0.05, 0.1) is 12.0 Å². The molecule has 3 heterocycles. The van der Waals surface area contributed by atoms with Crippen LogP contribution in [0.4, 0.5) is 5.82 Å². The molecule has 1 aliphatic heterocycles. The second-order valence-electron chi connectivity index (χ2n) is 7.32. The summed E-state index contributed by atoms with van der Waals surface area (Å²) in [6, 6.07) is -0.329. The maximum atomic E-state index is 11.8. The Morgan fingerprint density at radius 2 is 2.19 bits per heavy atom. The van der Waals surface area contributed by atoms with Gasteiger partial charge in [-0.05, 0) is 13.3 Å². The zero-order chi connectivity index (χ0) is 22.3. The molecule has 6 atom stereocenters. The van der Waals surface area contributed by atoms with Gasteiger partial charge in [-0.2, -0.15) is 0 Å². The van der Waals surface area contributed by atoms with Gasteiger partial charge in [0, 0.05) is 18.8 Å². The fourth-order valence-electron chi connectivity index (χ4n) is 3.81. The standard InChI is InChI=1S/C19H24N6O5S/c1-4-22-11-13(27)15(11)29-6-9-12(26)14(28)19(30-9)25-5-8(18(31)21-3)10-16(20-2)23-7-24-17(10)25/h5,7,9,11-12,14-15,19,22,26,28H,2,4,6H2,1,3H3,(H,21,31). The zero-order valence-electron chi connectivity index (χ0n) is 17.1. The molecular formula is C19H24N6O5S. The van der Waals surface area contributed by atoms with E-state index in [0.717, 1.165) is 0 Å². The number of rotatable bonds is 8. The molecule has 31 heavy (non-hydrogen) atoms. The highest BCUT2D eigenvalue weighted by Gasteiger charge is 2.52. The number of thiocarbonyl (C=S) groups is 1. The molecule has 12 heteroatoms. The highest BCUT2D eigenvalue weighted by Crippen LogP contribution is 2.36. The van der Waals surface area contributed by atoms with Gasteiger partial charge < -0.3 is 34.9 Å². The van der Waals surface area contributed by atoms with E-state index in [0.29, 0.717) is 33.9 Å². The average molecular weight is 449 g/mol. The molecule has 0 spiro atoms. The lowest BCUT2D eigenvalue weighted by Crippen LogP contribution is -2.34. The number of aliphatic hydroxyl groups excluding tert-OH is 2. The smallest absolute Gasteiger partial charge is 0.183 e. The number of aliphatic hydroxyl groups is 2. The second kappa shape index (κ2) is 8.65. The van der Waals surface area contributed by atoms with Gasteiger partial charge in [-0.3, -0.25) is 4.79 Å². The predicted octanol–water partition coefficient (Wildman–Crippen LogP) is -0.776. The largest absolute Gasteiger partial charge is 0.387 e. The number of aromatic nitrogens is 3. The van der Waals surface area contributed by atoms with E-state index >= 15 is 0 Å². The molecule has 1 saturated heterocycles. The molecule has 0 amide bonds. The van der Waals surface area contributed by atoms with Gasteiger partial charge in [0.1, 0.15) is 47.4 Å². The topological polar surface area (TPSA) is 143 Å². The molecule has 6 unspecified atom stereocenters. The number of fused-ring (bicyclic) bond motifs is 1. The fourth-order valence-corrected chi connectivity index (χ4v) is 3.96. The van der Waals surface area contributed by atoms with Crippen LogP contribution in [0.15, 0.2) is 17.5 Å². The van der Waals surface area contributed by atoms with Crippen molar-refractivity contribution in [3.8, 4) is 0 Å². The maximum Gasteiger partial charge on any atom is 0.183 e. The number of carbonyl (C=O) groups is 1. The van der Waals surface area contributed by atoms with Crippen LogP contribution in [0.2, 0.25) is 0 Å². The van der Waals surface area contributed by atoms with Gasteiger partial charge >= 0.3 is 0 Å². The van der Waals surface area contributed by atoms with Crippen molar-refractivity contribution in [3.63, 3.8) is 0 Å². The molecule has 2 fully saturated rings. The first-order valence-corrected chi connectivity index (χ1v) is 10.3. The number of ketones is 1. The van der Waals surface area contributed by atoms with Crippen molar-refractivity contribution < 1.29 is 24.5 Å². The van der Waals surface area contributed by atoms with Gasteiger partial charge in [-0.1, -0.05) is 19.1 Å². The predicted molar refractivity (Wildman–Crippen MR) is 116 cm³/mol. The molecule has 4 rings (SSSR count). The number of likely N-dealkylation sites (N-methyl/N-ethyl adjacent to an activating group) is 1. The summed E-state index contributed by atoms with van der Waals surface area (Å²) in [5, 5.41) is 27.7. The lowest BCUT2D eigenvalue weighted by Gasteiger charge is -2.17. The van der Waals surface area contributed by atoms with E-state index in [4.69, 9.17) is 21.7 Å². The van der Waals surface area contributed by atoms with Crippen molar-refractivity contribution in [3.05, 3.63) is 18.1 Å². The minimum atomic E-state index is -1.25. The first-order chi connectivity index (χ1) is 14.9. The SMILES string of the molecule is C=Nc1ncnc2c1c(C(=S)NC)cn2C1OC(COC2C(=O)C2NCC)C(O)C1O. The molecule has 0 radical (unpaired) electrons. The number of aliphatic imine (C=N–C) groups is 1. The van der Waals surface area contributed by atoms with Crippen LogP contribution in [0.25, 0.3) is 11.0 Å². The van der Waals surface area contributed by atoms with Gasteiger partial charge in [0.2, 0.25) is 0 Å². The van der Waals surface area contributed by atoms with Crippen molar-refractivity contribution in [2.24, 2.45) is 4.99 Å². The van der Waals surface area contributed by atoms with E-state index in [1.54, 1.807) is 17.8 Å². The molecule has 1 saturated carbocycles. The molecule has 166 valence electrons. The van der Waals surface area contributed by atoms with Crippen LogP contribution in [0.1, 0.15) is 18.7 Å². The molecular weight excluding hydrogens is 424 g/mol. The Hall–Kier alpha value is -2.35. The van der Waals surface area contributed by atoms with Gasteiger partial charge in [-0.15, -0.1) is 0 Å². The summed E-state index contributed by atoms with van der Waals surface area (Å²) in [5.41, 5.74) is 1.02. The minimum Gasteiger partial charge on any atom is -0.387 e. The highest BCUT2D eigenvalue weighted by atomic mass is 32.1. The van der Waals surface area contributed by atoms with E-state index in [1.165, 1.54) is 6.33 Å². The third kappa shape index (κ3) is 3.75. The maximum absolute atomic E-state index is 11.8. The molecule has 1 aliphatic carbocycles. The highest BCUT2D eigenvalue weighted by molar-refractivity contribution is 7.80. The van der Waals surface area contributed by atoms with Crippen LogP contribution >= 0.6 is 12.2 Å². The Morgan fingerprint density at radius 3 is 2.87 bits per heavy atom. The Bertz CT molecular complexity index is 1030. The number of hydrogen-bond donors (Lipinski definition) is 4. The van der Waals surface area contributed by atoms with Crippen LogP contribution in [0.3, 0.4) is 0 Å². The summed E-state index contributed by atoms with van der Waals surface area (Å²) in [7, 11) is 1.69. The third-order valence-electron chi connectivity index (χ3n) is 5.47. The van der Waals surface area contributed by atoms with Crippen LogP contribution in [-0.2, 0) is 14.3 Å². The molecule has 2 aromatic rings. The molecule has 0 aromatic carbocycles. The van der Waals surface area contributed by atoms with Crippen LogP contribution in [-0.4, -0.2) is 92.9 Å². The average Bonchev–Trinajstić information content (AvgIpc) is 3.09. The van der Waals surface area contributed by atoms with Crippen LogP contribution in [0, 0.1) is 0 Å². The van der Waals surface area contributed by atoms with Crippen LogP contribution < -0.4 is 10.6 Å². The number of carbonyl (C=O) groups excluding carboxylic acids is 1. The van der Waals surface area contributed by atoms with E-state index in [2.05, 4.69) is 32.3 Å². The Balaban J connectivity index is 1.59. The summed E-state index contributed by atoms with van der Waals surface area (Å²) in [5.74, 6) is 0.306. The van der Waals surface area contributed by atoms with Crippen molar-refractivity contribution >= 4 is 46.6 Å². The summed E-state index contributed by atoms with van der Waals surface area (Å²) in [6.07, 6.45) is -1.82. The summed E-state index contributed by atoms with van der Waals surface area (Å²) < 4.78 is 13.1. The number of nitrogens with one attached hydrogen (secondary N) is 2. The summed E-state index contributed by atoms with van der Waals surface area (Å²) >= 11 is 5.39. The number of hydrogen-bond acceptors (Lipinski definition) is 10. The van der Waals surface area contributed by atoms with Crippen molar-refractivity contribution in [1.82, 2.24) is 25.2 Å². The van der Waals surface area contributed by atoms with E-state index in [-0.39, 0.29) is 18.4 Å².